The second-order valence-corrected chi connectivity index (χ2v) is 4.09. The first kappa shape index (κ1) is 12.6. The van der Waals surface area contributed by atoms with Crippen molar-refractivity contribution < 1.29 is 0 Å². The molecular weight excluding hydrogens is 250 g/mol. The van der Waals surface area contributed by atoms with Gasteiger partial charge in [-0.2, -0.15) is 0 Å². The molecule has 0 aliphatic carbocycles. The van der Waals surface area contributed by atoms with Gasteiger partial charge in [-0.25, -0.2) is 9.97 Å². The van der Waals surface area contributed by atoms with Gasteiger partial charge < -0.3 is 16.8 Å². The molecule has 1 aromatic heterocycles. The van der Waals surface area contributed by atoms with Crippen LogP contribution in [0.15, 0.2) is 30.5 Å². The van der Waals surface area contributed by atoms with Crippen LogP contribution in [0, 0.1) is 0 Å². The Labute approximate surface area is 110 Å². The van der Waals surface area contributed by atoms with E-state index in [4.69, 9.17) is 23.1 Å². The fourth-order valence-electron chi connectivity index (χ4n) is 1.59. The lowest BCUT2D eigenvalue weighted by Gasteiger charge is -2.11. The Morgan fingerprint density at radius 1 is 1.28 bits per heavy atom. The molecule has 0 atom stereocenters. The van der Waals surface area contributed by atoms with Gasteiger partial charge in [0.25, 0.3) is 0 Å². The standard InChI is InChI=1S/C12H14ClN5/c13-9-4-2-1-3-8(9)11-10(16-6-5-14)7-17-12(15)18-11/h1-4,7,16H,5-6,14H2,(H2,15,17,18). The van der Waals surface area contributed by atoms with Crippen molar-refractivity contribution in [2.45, 2.75) is 0 Å². The Morgan fingerprint density at radius 3 is 2.78 bits per heavy atom. The summed E-state index contributed by atoms with van der Waals surface area (Å²) in [4.78, 5) is 8.20. The molecule has 0 saturated carbocycles. The SMILES string of the molecule is NCCNc1cnc(N)nc1-c1ccccc1Cl. The molecule has 1 heterocycles. The number of hydrogen-bond acceptors (Lipinski definition) is 5. The molecule has 0 aliphatic rings. The molecule has 0 aliphatic heterocycles. The maximum Gasteiger partial charge on any atom is 0.220 e. The fourth-order valence-corrected chi connectivity index (χ4v) is 1.82. The molecule has 0 amide bonds. The van der Waals surface area contributed by atoms with Crippen LogP contribution in [-0.2, 0) is 0 Å². The van der Waals surface area contributed by atoms with E-state index in [0.717, 1.165) is 11.3 Å². The van der Waals surface area contributed by atoms with Crippen LogP contribution < -0.4 is 16.8 Å². The van der Waals surface area contributed by atoms with E-state index in [-0.39, 0.29) is 5.95 Å². The lowest BCUT2D eigenvalue weighted by molar-refractivity contribution is 1.02. The minimum absolute atomic E-state index is 0.211. The van der Waals surface area contributed by atoms with Gasteiger partial charge in [-0.1, -0.05) is 29.8 Å². The Hall–Kier alpha value is -1.85. The van der Waals surface area contributed by atoms with E-state index in [1.54, 1.807) is 6.20 Å². The summed E-state index contributed by atoms with van der Waals surface area (Å²) in [6.45, 7) is 1.15. The van der Waals surface area contributed by atoms with E-state index in [0.29, 0.717) is 23.8 Å². The molecule has 5 N–H and O–H groups in total. The van der Waals surface area contributed by atoms with Crippen molar-refractivity contribution in [3.8, 4) is 11.3 Å². The van der Waals surface area contributed by atoms with Crippen LogP contribution >= 0.6 is 11.6 Å². The van der Waals surface area contributed by atoms with Gasteiger partial charge in [-0.15, -0.1) is 0 Å². The molecule has 0 spiro atoms. The molecule has 94 valence electrons. The van der Waals surface area contributed by atoms with Crippen molar-refractivity contribution in [1.82, 2.24) is 9.97 Å². The van der Waals surface area contributed by atoms with Gasteiger partial charge in [0, 0.05) is 18.7 Å². The first-order valence-corrected chi connectivity index (χ1v) is 5.91. The Bertz CT molecular complexity index is 544. The van der Waals surface area contributed by atoms with Crippen LogP contribution in [-0.4, -0.2) is 23.1 Å². The predicted molar refractivity (Wildman–Crippen MR) is 74.4 cm³/mol. The summed E-state index contributed by atoms with van der Waals surface area (Å²) in [6.07, 6.45) is 1.64. The summed E-state index contributed by atoms with van der Waals surface area (Å²) in [5.74, 6) is 0.211. The second-order valence-electron chi connectivity index (χ2n) is 3.69. The predicted octanol–water partition coefficient (Wildman–Crippen LogP) is 1.75. The van der Waals surface area contributed by atoms with Crippen molar-refractivity contribution in [2.24, 2.45) is 5.73 Å². The molecule has 2 rings (SSSR count). The number of hydrogen-bond donors (Lipinski definition) is 3. The van der Waals surface area contributed by atoms with Crippen LogP contribution in [0.25, 0.3) is 11.3 Å². The molecule has 2 aromatic rings. The average molecular weight is 264 g/mol. The average Bonchev–Trinajstić information content (AvgIpc) is 2.38. The smallest absolute Gasteiger partial charge is 0.220 e. The van der Waals surface area contributed by atoms with Gasteiger partial charge >= 0.3 is 0 Å². The molecule has 18 heavy (non-hydrogen) atoms. The van der Waals surface area contributed by atoms with Crippen molar-refractivity contribution >= 4 is 23.2 Å². The number of aromatic nitrogens is 2. The molecule has 0 bridgehead atoms. The lowest BCUT2D eigenvalue weighted by Crippen LogP contribution is -2.14. The molecule has 5 nitrogen and oxygen atoms in total. The van der Waals surface area contributed by atoms with E-state index in [2.05, 4.69) is 15.3 Å². The maximum atomic E-state index is 6.16. The zero-order valence-corrected chi connectivity index (χ0v) is 10.5. The third-order valence-corrected chi connectivity index (χ3v) is 2.73. The first-order valence-electron chi connectivity index (χ1n) is 5.53. The highest BCUT2D eigenvalue weighted by molar-refractivity contribution is 6.33. The van der Waals surface area contributed by atoms with Gasteiger partial charge in [0.1, 0.15) is 5.69 Å². The summed E-state index contributed by atoms with van der Waals surface area (Å²) in [5, 5.41) is 3.77. The highest BCUT2D eigenvalue weighted by Gasteiger charge is 2.11. The monoisotopic (exact) mass is 263 g/mol. The number of nitrogen functional groups attached to an aromatic ring is 1. The van der Waals surface area contributed by atoms with Crippen molar-refractivity contribution in [1.29, 1.82) is 0 Å². The van der Waals surface area contributed by atoms with E-state index >= 15 is 0 Å². The number of rotatable bonds is 4. The van der Waals surface area contributed by atoms with E-state index in [1.807, 2.05) is 24.3 Å². The quantitative estimate of drug-likeness (QED) is 0.782. The summed E-state index contributed by atoms with van der Waals surface area (Å²) in [7, 11) is 0. The molecular formula is C12H14ClN5. The van der Waals surface area contributed by atoms with E-state index in [9.17, 15) is 0 Å². The Kier molecular flexibility index (Phi) is 3.96. The number of nitrogens with one attached hydrogen (secondary N) is 1. The molecule has 0 radical (unpaired) electrons. The molecule has 0 saturated heterocycles. The number of nitrogens with zero attached hydrogens (tertiary/aromatic N) is 2. The zero-order valence-electron chi connectivity index (χ0n) is 9.73. The Morgan fingerprint density at radius 2 is 2.06 bits per heavy atom. The third kappa shape index (κ3) is 2.69. The van der Waals surface area contributed by atoms with Gasteiger partial charge in [0.2, 0.25) is 5.95 Å². The number of halogens is 1. The van der Waals surface area contributed by atoms with Gasteiger partial charge in [0.05, 0.1) is 16.9 Å². The lowest BCUT2D eigenvalue weighted by atomic mass is 10.1. The van der Waals surface area contributed by atoms with Crippen molar-refractivity contribution in [2.75, 3.05) is 24.1 Å². The largest absolute Gasteiger partial charge is 0.381 e. The number of nitrogens with two attached hydrogens (primary N) is 2. The Balaban J connectivity index is 2.48. The minimum atomic E-state index is 0.211. The summed E-state index contributed by atoms with van der Waals surface area (Å²) in [6, 6.07) is 7.45. The van der Waals surface area contributed by atoms with Crippen LogP contribution in [0.1, 0.15) is 0 Å². The molecule has 0 unspecified atom stereocenters. The summed E-state index contributed by atoms with van der Waals surface area (Å²) >= 11 is 6.16. The normalized spacial score (nSPS) is 10.3. The van der Waals surface area contributed by atoms with E-state index in [1.165, 1.54) is 0 Å². The second kappa shape index (κ2) is 5.66. The molecule has 1 aromatic carbocycles. The number of benzene rings is 1. The zero-order chi connectivity index (χ0) is 13.0. The van der Waals surface area contributed by atoms with Crippen LogP contribution in [0.2, 0.25) is 5.02 Å². The highest BCUT2D eigenvalue weighted by atomic mass is 35.5. The van der Waals surface area contributed by atoms with Crippen molar-refractivity contribution in [3.05, 3.63) is 35.5 Å². The summed E-state index contributed by atoms with van der Waals surface area (Å²) < 4.78 is 0. The topological polar surface area (TPSA) is 89.8 Å². The van der Waals surface area contributed by atoms with Crippen LogP contribution in [0.4, 0.5) is 11.6 Å². The number of anilines is 2. The van der Waals surface area contributed by atoms with Gasteiger partial charge in [-0.05, 0) is 6.07 Å². The van der Waals surface area contributed by atoms with Crippen molar-refractivity contribution in [3.63, 3.8) is 0 Å². The highest BCUT2D eigenvalue weighted by Crippen LogP contribution is 2.31. The van der Waals surface area contributed by atoms with Gasteiger partial charge in [0.15, 0.2) is 0 Å². The van der Waals surface area contributed by atoms with Crippen LogP contribution in [0.3, 0.4) is 0 Å². The van der Waals surface area contributed by atoms with E-state index < -0.39 is 0 Å². The first-order chi connectivity index (χ1) is 8.72. The maximum absolute atomic E-state index is 6.16. The minimum Gasteiger partial charge on any atom is -0.381 e. The van der Waals surface area contributed by atoms with Gasteiger partial charge in [-0.3, -0.25) is 0 Å². The van der Waals surface area contributed by atoms with Crippen LogP contribution in [0.5, 0.6) is 0 Å². The molecule has 6 heteroatoms. The fraction of sp³-hybridized carbons (Fsp3) is 0.167. The molecule has 0 fully saturated rings. The third-order valence-electron chi connectivity index (χ3n) is 2.40. The summed E-state index contributed by atoms with van der Waals surface area (Å²) in [5.41, 5.74) is 13.4.